The van der Waals surface area contributed by atoms with Crippen molar-refractivity contribution in [3.05, 3.63) is 64.7 Å². The van der Waals surface area contributed by atoms with Crippen LogP contribution in [0.1, 0.15) is 30.4 Å². The van der Waals surface area contributed by atoms with Gasteiger partial charge in [0.25, 0.3) is 10.0 Å². The molecule has 1 amide bonds. The third kappa shape index (κ3) is 5.52. The number of halogens is 1. The van der Waals surface area contributed by atoms with E-state index in [1.165, 1.54) is 24.5 Å². The van der Waals surface area contributed by atoms with E-state index in [2.05, 4.69) is 9.88 Å². The fraction of sp³-hybridized carbons (Fsp3) is 0.370. The van der Waals surface area contributed by atoms with Gasteiger partial charge in [-0.3, -0.25) is 10.2 Å². The number of hydrogen-bond donors (Lipinski definition) is 2. The average Bonchev–Trinajstić information content (AvgIpc) is 3.38. The standard InChI is InChI=1S/C27H30ClN5O5S/c1-38-27(35)23-16-32(39(36,37)24-14-20-13-21(28)9-10-22(20)30-24)17-25(34)33(23)15-18-5-7-19(8-6-18)26(29)31-11-3-2-4-12-31/h5-10,13-14,23,29-30H,2-4,11-12,15-17H2,1H3/t23-/m1/s1. The highest BCUT2D eigenvalue weighted by atomic mass is 35.5. The lowest BCUT2D eigenvalue weighted by atomic mass is 10.1. The number of carbonyl (C=O) groups is 2. The molecule has 0 aliphatic carbocycles. The third-order valence-electron chi connectivity index (χ3n) is 7.29. The summed E-state index contributed by atoms with van der Waals surface area (Å²) < 4.78 is 32.9. The second-order valence-corrected chi connectivity index (χ2v) is 12.2. The van der Waals surface area contributed by atoms with E-state index in [1.807, 2.05) is 24.3 Å². The summed E-state index contributed by atoms with van der Waals surface area (Å²) >= 11 is 6.03. The molecule has 2 aromatic carbocycles. The number of methoxy groups -OCH3 is 1. The molecule has 3 heterocycles. The number of piperidine rings is 1. The topological polar surface area (TPSA) is 127 Å². The quantitative estimate of drug-likeness (QED) is 0.266. The molecular weight excluding hydrogens is 542 g/mol. The van der Waals surface area contributed by atoms with Crippen molar-refractivity contribution in [2.75, 3.05) is 33.3 Å². The molecule has 1 aromatic heterocycles. The molecule has 0 spiro atoms. The van der Waals surface area contributed by atoms with Gasteiger partial charge in [0.05, 0.1) is 13.7 Å². The summed E-state index contributed by atoms with van der Waals surface area (Å²) in [6, 6.07) is 12.7. The predicted octanol–water partition coefficient (Wildman–Crippen LogP) is 3.21. The van der Waals surface area contributed by atoms with E-state index in [-0.39, 0.29) is 18.1 Å². The van der Waals surface area contributed by atoms with Gasteiger partial charge in [-0.1, -0.05) is 35.9 Å². The van der Waals surface area contributed by atoms with Crippen LogP contribution in [0.25, 0.3) is 10.9 Å². The minimum atomic E-state index is -4.12. The summed E-state index contributed by atoms with van der Waals surface area (Å²) in [5.41, 5.74) is 2.13. The van der Waals surface area contributed by atoms with Gasteiger partial charge in [-0.2, -0.15) is 4.31 Å². The number of nitrogens with zero attached hydrogens (tertiary/aromatic N) is 3. The molecule has 2 saturated heterocycles. The molecule has 1 atom stereocenters. The van der Waals surface area contributed by atoms with E-state index in [1.54, 1.807) is 18.2 Å². The predicted molar refractivity (Wildman–Crippen MR) is 147 cm³/mol. The lowest BCUT2D eigenvalue weighted by molar-refractivity contribution is -0.157. The van der Waals surface area contributed by atoms with Gasteiger partial charge < -0.3 is 19.5 Å². The van der Waals surface area contributed by atoms with E-state index in [9.17, 15) is 18.0 Å². The van der Waals surface area contributed by atoms with E-state index >= 15 is 0 Å². The van der Waals surface area contributed by atoms with Crippen LogP contribution in [-0.2, 0) is 30.9 Å². The first kappa shape index (κ1) is 27.2. The van der Waals surface area contributed by atoms with Crippen molar-refractivity contribution in [1.29, 1.82) is 5.41 Å². The second-order valence-electron chi connectivity index (χ2n) is 9.82. The van der Waals surface area contributed by atoms with Gasteiger partial charge in [0, 0.05) is 47.7 Å². The molecule has 12 heteroatoms. The maximum Gasteiger partial charge on any atom is 0.329 e. The molecular formula is C27H30ClN5O5S. The van der Waals surface area contributed by atoms with E-state index in [0.29, 0.717) is 21.8 Å². The van der Waals surface area contributed by atoms with Gasteiger partial charge in [0.1, 0.15) is 16.9 Å². The number of rotatable bonds is 6. The van der Waals surface area contributed by atoms with Crippen LogP contribution < -0.4 is 0 Å². The number of aromatic amines is 1. The molecule has 10 nitrogen and oxygen atoms in total. The van der Waals surface area contributed by atoms with Crippen LogP contribution in [0.15, 0.2) is 53.6 Å². The molecule has 5 rings (SSSR count). The van der Waals surface area contributed by atoms with Crippen LogP contribution in [0.5, 0.6) is 0 Å². The van der Waals surface area contributed by atoms with Crippen molar-refractivity contribution in [3.63, 3.8) is 0 Å². The summed E-state index contributed by atoms with van der Waals surface area (Å²) in [6.45, 7) is 1.19. The molecule has 0 bridgehead atoms. The maximum absolute atomic E-state index is 13.5. The summed E-state index contributed by atoms with van der Waals surface area (Å²) in [7, 11) is -2.91. The number of hydrogen-bond acceptors (Lipinski definition) is 6. The molecule has 39 heavy (non-hydrogen) atoms. The van der Waals surface area contributed by atoms with Crippen LogP contribution in [0.3, 0.4) is 0 Å². The normalized spacial score (nSPS) is 18.9. The van der Waals surface area contributed by atoms with Gasteiger partial charge >= 0.3 is 5.97 Å². The number of sulfonamides is 1. The zero-order chi connectivity index (χ0) is 27.7. The van der Waals surface area contributed by atoms with Crippen LogP contribution in [0, 0.1) is 5.41 Å². The first-order valence-electron chi connectivity index (χ1n) is 12.8. The zero-order valence-electron chi connectivity index (χ0n) is 21.5. The zero-order valence-corrected chi connectivity index (χ0v) is 23.1. The average molecular weight is 572 g/mol. The SMILES string of the molecule is COC(=O)[C@H]1CN(S(=O)(=O)c2cc3cc(Cl)ccc3[nH]2)CC(=O)N1Cc1ccc(C(=N)N2CCCCC2)cc1. The minimum Gasteiger partial charge on any atom is -0.467 e. The highest BCUT2D eigenvalue weighted by Crippen LogP contribution is 2.27. The fourth-order valence-electron chi connectivity index (χ4n) is 5.11. The van der Waals surface area contributed by atoms with Crippen molar-refractivity contribution in [1.82, 2.24) is 19.1 Å². The summed E-state index contributed by atoms with van der Waals surface area (Å²) in [6.07, 6.45) is 3.34. The molecule has 2 N–H and O–H groups in total. The third-order valence-corrected chi connectivity index (χ3v) is 9.26. The number of benzene rings is 2. The molecule has 206 valence electrons. The number of aromatic nitrogens is 1. The largest absolute Gasteiger partial charge is 0.467 e. The summed E-state index contributed by atoms with van der Waals surface area (Å²) in [4.78, 5) is 32.3. The molecule has 0 saturated carbocycles. The number of piperazine rings is 1. The van der Waals surface area contributed by atoms with Crippen molar-refractivity contribution in [2.24, 2.45) is 0 Å². The van der Waals surface area contributed by atoms with Crippen molar-refractivity contribution in [3.8, 4) is 0 Å². The minimum absolute atomic E-state index is 0.0867. The monoisotopic (exact) mass is 571 g/mol. The Morgan fingerprint density at radius 3 is 2.51 bits per heavy atom. The molecule has 0 unspecified atom stereocenters. The number of likely N-dealkylation sites (tertiary alicyclic amines) is 1. The van der Waals surface area contributed by atoms with E-state index in [4.69, 9.17) is 21.7 Å². The van der Waals surface area contributed by atoms with Crippen LogP contribution in [0.2, 0.25) is 5.02 Å². The molecule has 2 aliphatic rings. The smallest absolute Gasteiger partial charge is 0.329 e. The lowest BCUT2D eigenvalue weighted by Gasteiger charge is -2.38. The second kappa shape index (κ2) is 11.0. The Labute approximate surface area is 232 Å². The number of fused-ring (bicyclic) bond motifs is 1. The highest BCUT2D eigenvalue weighted by Gasteiger charge is 2.42. The number of esters is 1. The Balaban J connectivity index is 1.34. The highest BCUT2D eigenvalue weighted by molar-refractivity contribution is 7.89. The fourth-order valence-corrected chi connectivity index (χ4v) is 6.70. The molecule has 2 aliphatic heterocycles. The molecule has 3 aromatic rings. The lowest BCUT2D eigenvalue weighted by Crippen LogP contribution is -2.60. The number of nitrogens with one attached hydrogen (secondary N) is 2. The van der Waals surface area contributed by atoms with Crippen molar-refractivity contribution >= 4 is 50.2 Å². The van der Waals surface area contributed by atoms with Crippen LogP contribution in [-0.4, -0.2) is 84.5 Å². The van der Waals surface area contributed by atoms with Gasteiger partial charge in [-0.15, -0.1) is 0 Å². The Hall–Kier alpha value is -3.41. The van der Waals surface area contributed by atoms with Gasteiger partial charge in [0.2, 0.25) is 5.91 Å². The van der Waals surface area contributed by atoms with Gasteiger partial charge in [0.15, 0.2) is 0 Å². The Bertz CT molecular complexity index is 1520. The number of amides is 1. The number of carbonyl (C=O) groups excluding carboxylic acids is 2. The first-order valence-corrected chi connectivity index (χ1v) is 14.6. The van der Waals surface area contributed by atoms with Crippen molar-refractivity contribution < 1.29 is 22.7 Å². The molecule has 0 radical (unpaired) electrons. The van der Waals surface area contributed by atoms with Crippen molar-refractivity contribution in [2.45, 2.75) is 36.9 Å². The number of ether oxygens (including phenoxy) is 1. The van der Waals surface area contributed by atoms with Gasteiger partial charge in [-0.05, 0) is 49.1 Å². The van der Waals surface area contributed by atoms with Crippen LogP contribution >= 0.6 is 11.6 Å². The van der Waals surface area contributed by atoms with E-state index < -0.39 is 34.5 Å². The first-order chi connectivity index (χ1) is 18.7. The number of amidine groups is 1. The summed E-state index contributed by atoms with van der Waals surface area (Å²) in [5.74, 6) is -0.734. The molecule has 2 fully saturated rings. The summed E-state index contributed by atoms with van der Waals surface area (Å²) in [5, 5.41) is 9.52. The van der Waals surface area contributed by atoms with Crippen LogP contribution in [0.4, 0.5) is 0 Å². The number of H-pyrrole nitrogens is 1. The Morgan fingerprint density at radius 2 is 1.82 bits per heavy atom. The Morgan fingerprint density at radius 1 is 1.10 bits per heavy atom. The van der Waals surface area contributed by atoms with E-state index in [0.717, 1.165) is 41.4 Å². The van der Waals surface area contributed by atoms with Gasteiger partial charge in [-0.25, -0.2) is 13.2 Å². The maximum atomic E-state index is 13.5. The Kier molecular flexibility index (Phi) is 7.66.